The summed E-state index contributed by atoms with van der Waals surface area (Å²) in [5.41, 5.74) is 3.72. The minimum absolute atomic E-state index is 0.272. The fraction of sp³-hybridized carbons (Fsp3) is 0.200. The number of aryl methyl sites for hydroxylation is 1. The van der Waals surface area contributed by atoms with Gasteiger partial charge in [-0.2, -0.15) is 4.31 Å². The van der Waals surface area contributed by atoms with Crippen LogP contribution in [0.4, 0.5) is 0 Å². The normalized spacial score (nSPS) is 15.8. The lowest BCUT2D eigenvalue weighted by Gasteiger charge is -2.26. The van der Waals surface area contributed by atoms with Gasteiger partial charge in [-0.25, -0.2) is 8.42 Å². The first-order chi connectivity index (χ1) is 12.6. The van der Waals surface area contributed by atoms with E-state index in [1.54, 1.807) is 24.5 Å². The molecule has 0 N–H and O–H groups in total. The highest BCUT2D eigenvalue weighted by atomic mass is 32.2. The zero-order valence-electron chi connectivity index (χ0n) is 14.5. The molecule has 0 spiro atoms. The van der Waals surface area contributed by atoms with E-state index in [-0.39, 0.29) is 4.90 Å². The molecule has 1 aromatic carbocycles. The molecule has 2 aromatic heterocycles. The molecule has 1 aliphatic rings. The van der Waals surface area contributed by atoms with Crippen LogP contribution < -0.4 is 0 Å². The summed E-state index contributed by atoms with van der Waals surface area (Å²) in [7, 11) is -3.60. The van der Waals surface area contributed by atoms with E-state index < -0.39 is 10.0 Å². The zero-order chi connectivity index (χ0) is 18.1. The highest BCUT2D eigenvalue weighted by Gasteiger charge is 2.28. The van der Waals surface area contributed by atoms with Crippen molar-refractivity contribution < 1.29 is 8.42 Å². The second-order valence-corrected chi connectivity index (χ2v) is 8.33. The van der Waals surface area contributed by atoms with Crippen molar-refractivity contribution in [2.45, 2.75) is 18.2 Å². The second-order valence-electron chi connectivity index (χ2n) is 6.42. The molecule has 0 aliphatic carbocycles. The SMILES string of the molecule is Cc1cnc2c(S(=O)(=O)N3CC=C(c4cccnc4)CC3)cccc2c1. The quantitative estimate of drug-likeness (QED) is 0.713. The summed E-state index contributed by atoms with van der Waals surface area (Å²) in [6.45, 7) is 2.75. The van der Waals surface area contributed by atoms with Gasteiger partial charge in [-0.15, -0.1) is 0 Å². The predicted octanol–water partition coefficient (Wildman–Crippen LogP) is 3.42. The van der Waals surface area contributed by atoms with Gasteiger partial charge in [-0.05, 0) is 48.2 Å². The molecule has 1 aliphatic heterocycles. The maximum atomic E-state index is 13.2. The molecular formula is C20H19N3O2S. The summed E-state index contributed by atoms with van der Waals surface area (Å²) in [6, 6.07) is 11.2. The molecule has 0 bridgehead atoms. The van der Waals surface area contributed by atoms with Crippen LogP contribution in [0.5, 0.6) is 0 Å². The topological polar surface area (TPSA) is 63.2 Å². The number of para-hydroxylation sites is 1. The molecule has 5 nitrogen and oxygen atoms in total. The van der Waals surface area contributed by atoms with Crippen molar-refractivity contribution in [2.24, 2.45) is 0 Å². The molecule has 0 radical (unpaired) electrons. The van der Waals surface area contributed by atoms with Gasteiger partial charge >= 0.3 is 0 Å². The molecule has 0 fully saturated rings. The minimum Gasteiger partial charge on any atom is -0.264 e. The molecule has 26 heavy (non-hydrogen) atoms. The van der Waals surface area contributed by atoms with Crippen LogP contribution in [0.2, 0.25) is 0 Å². The van der Waals surface area contributed by atoms with Gasteiger partial charge in [-0.3, -0.25) is 9.97 Å². The van der Waals surface area contributed by atoms with Gasteiger partial charge in [0.2, 0.25) is 10.0 Å². The van der Waals surface area contributed by atoms with E-state index in [9.17, 15) is 8.42 Å². The van der Waals surface area contributed by atoms with Crippen LogP contribution >= 0.6 is 0 Å². The maximum absolute atomic E-state index is 13.2. The fourth-order valence-electron chi connectivity index (χ4n) is 3.27. The first kappa shape index (κ1) is 16.9. The molecular weight excluding hydrogens is 346 g/mol. The number of nitrogens with zero attached hydrogens (tertiary/aromatic N) is 3. The Labute approximate surface area is 153 Å². The molecule has 132 valence electrons. The van der Waals surface area contributed by atoms with Gasteiger partial charge in [0, 0.05) is 37.1 Å². The Morgan fingerprint density at radius 2 is 2.00 bits per heavy atom. The summed E-state index contributed by atoms with van der Waals surface area (Å²) in [6.07, 6.45) is 7.90. The van der Waals surface area contributed by atoms with Crippen molar-refractivity contribution >= 4 is 26.5 Å². The van der Waals surface area contributed by atoms with Crippen molar-refractivity contribution in [2.75, 3.05) is 13.1 Å². The molecule has 0 unspecified atom stereocenters. The lowest BCUT2D eigenvalue weighted by atomic mass is 10.0. The van der Waals surface area contributed by atoms with E-state index in [4.69, 9.17) is 0 Å². The van der Waals surface area contributed by atoms with Gasteiger partial charge in [-0.1, -0.05) is 24.3 Å². The Balaban J connectivity index is 1.68. The van der Waals surface area contributed by atoms with Crippen LogP contribution in [-0.2, 0) is 10.0 Å². The van der Waals surface area contributed by atoms with Crippen LogP contribution in [-0.4, -0.2) is 35.8 Å². The highest BCUT2D eigenvalue weighted by molar-refractivity contribution is 7.89. The molecule has 3 aromatic rings. The zero-order valence-corrected chi connectivity index (χ0v) is 15.3. The minimum atomic E-state index is -3.60. The largest absolute Gasteiger partial charge is 0.264 e. The van der Waals surface area contributed by atoms with Crippen molar-refractivity contribution in [3.05, 3.63) is 72.2 Å². The molecule has 0 atom stereocenters. The van der Waals surface area contributed by atoms with E-state index in [1.807, 2.05) is 43.5 Å². The summed E-state index contributed by atoms with van der Waals surface area (Å²) in [5, 5.41) is 0.842. The van der Waals surface area contributed by atoms with Crippen LogP contribution in [0.15, 0.2) is 66.0 Å². The van der Waals surface area contributed by atoms with E-state index in [2.05, 4.69) is 9.97 Å². The lowest BCUT2D eigenvalue weighted by molar-refractivity contribution is 0.441. The van der Waals surface area contributed by atoms with Crippen molar-refractivity contribution in [1.29, 1.82) is 0 Å². The third kappa shape index (κ3) is 3.02. The Bertz CT molecular complexity index is 1090. The van der Waals surface area contributed by atoms with Gasteiger partial charge in [0.25, 0.3) is 0 Å². The molecule has 6 heteroatoms. The number of pyridine rings is 2. The van der Waals surface area contributed by atoms with Crippen LogP contribution in [0.3, 0.4) is 0 Å². The lowest BCUT2D eigenvalue weighted by Crippen LogP contribution is -2.34. The summed E-state index contributed by atoms with van der Waals surface area (Å²) in [4.78, 5) is 8.78. The summed E-state index contributed by atoms with van der Waals surface area (Å²) < 4.78 is 27.9. The van der Waals surface area contributed by atoms with Crippen molar-refractivity contribution in [1.82, 2.24) is 14.3 Å². The standard InChI is InChI=1S/C20H19N3O2S/c1-15-12-17-4-2-6-19(20(17)22-13-15)26(24,25)23-10-7-16(8-11-23)18-5-3-9-21-14-18/h2-7,9,12-14H,8,10-11H2,1H3. The Hall–Kier alpha value is -2.57. The number of hydrogen-bond donors (Lipinski definition) is 0. The summed E-state index contributed by atoms with van der Waals surface area (Å²) >= 11 is 0. The van der Waals surface area contributed by atoms with Crippen LogP contribution in [0.25, 0.3) is 16.5 Å². The van der Waals surface area contributed by atoms with Gasteiger partial charge in [0.05, 0.1) is 5.52 Å². The number of fused-ring (bicyclic) bond motifs is 1. The third-order valence-electron chi connectivity index (χ3n) is 4.63. The number of benzene rings is 1. The maximum Gasteiger partial charge on any atom is 0.245 e. The molecule has 0 saturated heterocycles. The van der Waals surface area contributed by atoms with Crippen LogP contribution in [0, 0.1) is 6.92 Å². The smallest absolute Gasteiger partial charge is 0.245 e. The summed E-state index contributed by atoms with van der Waals surface area (Å²) in [5.74, 6) is 0. The molecule has 3 heterocycles. The first-order valence-corrected chi connectivity index (χ1v) is 9.95. The molecule has 4 rings (SSSR count). The number of aromatic nitrogens is 2. The molecule has 0 amide bonds. The van der Waals surface area contributed by atoms with Gasteiger partial charge in [0.1, 0.15) is 4.90 Å². The van der Waals surface area contributed by atoms with Crippen LogP contribution in [0.1, 0.15) is 17.5 Å². The number of sulfonamides is 1. The van der Waals surface area contributed by atoms with E-state index in [1.165, 1.54) is 4.31 Å². The number of hydrogen-bond acceptors (Lipinski definition) is 4. The Morgan fingerprint density at radius 3 is 2.73 bits per heavy atom. The Kier molecular flexibility index (Phi) is 4.30. The predicted molar refractivity (Wildman–Crippen MR) is 102 cm³/mol. The average Bonchev–Trinajstić information content (AvgIpc) is 2.68. The number of rotatable bonds is 3. The van der Waals surface area contributed by atoms with E-state index in [0.29, 0.717) is 25.0 Å². The monoisotopic (exact) mass is 365 g/mol. The highest BCUT2D eigenvalue weighted by Crippen LogP contribution is 2.28. The Morgan fingerprint density at radius 1 is 1.12 bits per heavy atom. The first-order valence-electron chi connectivity index (χ1n) is 8.51. The third-order valence-corrected chi connectivity index (χ3v) is 6.53. The van der Waals surface area contributed by atoms with Crippen molar-refractivity contribution in [3.8, 4) is 0 Å². The average molecular weight is 365 g/mol. The fourth-order valence-corrected chi connectivity index (χ4v) is 4.82. The van der Waals surface area contributed by atoms with Crippen molar-refractivity contribution in [3.63, 3.8) is 0 Å². The van der Waals surface area contributed by atoms with E-state index >= 15 is 0 Å². The van der Waals surface area contributed by atoms with Gasteiger partial charge < -0.3 is 0 Å². The second kappa shape index (κ2) is 6.63. The van der Waals surface area contributed by atoms with Gasteiger partial charge in [0.15, 0.2) is 0 Å². The van der Waals surface area contributed by atoms with E-state index in [0.717, 1.165) is 22.1 Å². The molecule has 0 saturated carbocycles.